The molecule has 136 valence electrons. The smallest absolute Gasteiger partial charge is 0.308 e. The number of aliphatic carboxylic acids is 1. The van der Waals surface area contributed by atoms with Crippen molar-refractivity contribution >= 4 is 17.8 Å². The molecule has 2 rings (SSSR count). The van der Waals surface area contributed by atoms with Gasteiger partial charge < -0.3 is 15.3 Å². The topological polar surface area (TPSA) is 86.7 Å². The van der Waals surface area contributed by atoms with E-state index in [2.05, 4.69) is 5.32 Å². The number of carbonyl (C=O) groups is 3. The van der Waals surface area contributed by atoms with Crippen molar-refractivity contribution in [1.82, 2.24) is 10.2 Å². The number of nitrogens with zero attached hydrogens (tertiary/aromatic N) is 1. The van der Waals surface area contributed by atoms with Crippen LogP contribution in [0.4, 0.5) is 0 Å². The van der Waals surface area contributed by atoms with Crippen molar-refractivity contribution < 1.29 is 19.5 Å². The Morgan fingerprint density at radius 2 is 1.88 bits per heavy atom. The first-order valence-electron chi connectivity index (χ1n) is 8.71. The summed E-state index contributed by atoms with van der Waals surface area (Å²) in [7, 11) is 0. The summed E-state index contributed by atoms with van der Waals surface area (Å²) in [6.45, 7) is 3.72. The quantitative estimate of drug-likeness (QED) is 0.713. The molecule has 1 atom stereocenters. The van der Waals surface area contributed by atoms with Gasteiger partial charge >= 0.3 is 5.97 Å². The summed E-state index contributed by atoms with van der Waals surface area (Å²) in [5.41, 5.74) is 2.26. The van der Waals surface area contributed by atoms with E-state index in [1.165, 1.54) is 5.56 Å². The molecule has 1 aromatic carbocycles. The highest BCUT2D eigenvalue weighted by Crippen LogP contribution is 2.27. The van der Waals surface area contributed by atoms with Crippen molar-refractivity contribution in [2.75, 3.05) is 13.1 Å². The Labute approximate surface area is 148 Å². The van der Waals surface area contributed by atoms with Crippen LogP contribution in [0.1, 0.15) is 37.3 Å². The Balaban J connectivity index is 1.76. The number of rotatable bonds is 9. The highest BCUT2D eigenvalue weighted by Gasteiger charge is 2.34. The molecule has 0 bridgehead atoms. The number of carboxylic acids is 1. The fourth-order valence-corrected chi connectivity index (χ4v) is 2.59. The lowest BCUT2D eigenvalue weighted by Gasteiger charge is -2.24. The van der Waals surface area contributed by atoms with E-state index in [1.807, 2.05) is 31.2 Å². The maximum atomic E-state index is 12.3. The molecule has 0 spiro atoms. The van der Waals surface area contributed by atoms with Gasteiger partial charge in [0.2, 0.25) is 11.8 Å². The number of hydrogen-bond acceptors (Lipinski definition) is 3. The average Bonchev–Trinajstić information content (AvgIpc) is 3.41. The van der Waals surface area contributed by atoms with Crippen LogP contribution in [0.2, 0.25) is 0 Å². The second kappa shape index (κ2) is 8.65. The fourth-order valence-electron chi connectivity index (χ4n) is 2.59. The summed E-state index contributed by atoms with van der Waals surface area (Å²) in [6.07, 6.45) is 2.76. The van der Waals surface area contributed by atoms with Gasteiger partial charge in [0.15, 0.2) is 0 Å². The Morgan fingerprint density at radius 3 is 2.44 bits per heavy atom. The number of carbonyl (C=O) groups excluding carboxylic acids is 2. The molecule has 0 heterocycles. The number of carboxylic acid groups (broad SMARTS) is 1. The zero-order valence-electron chi connectivity index (χ0n) is 14.8. The standard InChI is InChI=1S/C19H26N2O4/c1-13-3-5-15(6-4-13)7-10-17(22)20-11-18(23)21(16-8-9-16)12-14(2)19(24)25/h3-6,14,16H,7-12H2,1-2H3,(H,20,22)(H,24,25). The molecule has 0 radical (unpaired) electrons. The summed E-state index contributed by atoms with van der Waals surface area (Å²) < 4.78 is 0. The Kier molecular flexibility index (Phi) is 6.56. The number of aryl methyl sites for hydroxylation is 2. The van der Waals surface area contributed by atoms with Crippen molar-refractivity contribution in [2.45, 2.75) is 45.6 Å². The predicted molar refractivity (Wildman–Crippen MR) is 94.0 cm³/mol. The monoisotopic (exact) mass is 346 g/mol. The Morgan fingerprint density at radius 1 is 1.24 bits per heavy atom. The lowest BCUT2D eigenvalue weighted by molar-refractivity contribution is -0.143. The maximum Gasteiger partial charge on any atom is 0.308 e. The predicted octanol–water partition coefficient (Wildman–Crippen LogP) is 1.76. The van der Waals surface area contributed by atoms with Crippen molar-refractivity contribution in [3.8, 4) is 0 Å². The van der Waals surface area contributed by atoms with E-state index in [0.29, 0.717) is 12.8 Å². The van der Waals surface area contributed by atoms with Gasteiger partial charge in [-0.3, -0.25) is 14.4 Å². The molecule has 1 aromatic rings. The van der Waals surface area contributed by atoms with Crippen LogP contribution in [0.25, 0.3) is 0 Å². The highest BCUT2D eigenvalue weighted by atomic mass is 16.4. The molecule has 6 heteroatoms. The SMILES string of the molecule is Cc1ccc(CCC(=O)NCC(=O)N(CC(C)C(=O)O)C2CC2)cc1. The lowest BCUT2D eigenvalue weighted by Crippen LogP contribution is -2.44. The minimum Gasteiger partial charge on any atom is -0.481 e. The fraction of sp³-hybridized carbons (Fsp3) is 0.526. The van der Waals surface area contributed by atoms with Gasteiger partial charge in [-0.05, 0) is 31.7 Å². The van der Waals surface area contributed by atoms with Crippen molar-refractivity contribution in [2.24, 2.45) is 5.92 Å². The molecule has 1 aliphatic carbocycles. The molecule has 1 aliphatic rings. The van der Waals surface area contributed by atoms with Gasteiger partial charge in [0.25, 0.3) is 0 Å². The van der Waals surface area contributed by atoms with Crippen LogP contribution in [0.15, 0.2) is 24.3 Å². The maximum absolute atomic E-state index is 12.3. The molecule has 1 unspecified atom stereocenters. The first kappa shape index (κ1) is 19.0. The molecule has 6 nitrogen and oxygen atoms in total. The Hall–Kier alpha value is -2.37. The van der Waals surface area contributed by atoms with Gasteiger partial charge in [-0.1, -0.05) is 36.8 Å². The van der Waals surface area contributed by atoms with Gasteiger partial charge in [0.05, 0.1) is 12.5 Å². The van der Waals surface area contributed by atoms with Gasteiger partial charge in [0, 0.05) is 19.0 Å². The Bertz CT molecular complexity index is 623. The van der Waals surface area contributed by atoms with E-state index in [9.17, 15) is 14.4 Å². The molecule has 1 saturated carbocycles. The number of hydrogen-bond donors (Lipinski definition) is 2. The minimum absolute atomic E-state index is 0.0738. The van der Waals surface area contributed by atoms with E-state index in [4.69, 9.17) is 5.11 Å². The van der Waals surface area contributed by atoms with E-state index in [-0.39, 0.29) is 30.9 Å². The molecule has 2 amide bonds. The van der Waals surface area contributed by atoms with Crippen LogP contribution >= 0.6 is 0 Å². The molecular formula is C19H26N2O4. The molecule has 1 fully saturated rings. The van der Waals surface area contributed by atoms with Gasteiger partial charge in [-0.25, -0.2) is 0 Å². The van der Waals surface area contributed by atoms with E-state index in [1.54, 1.807) is 11.8 Å². The molecular weight excluding hydrogens is 320 g/mol. The summed E-state index contributed by atoms with van der Waals surface area (Å²) in [5.74, 6) is -1.90. The molecule has 0 aliphatic heterocycles. The van der Waals surface area contributed by atoms with Gasteiger partial charge in [-0.2, -0.15) is 0 Å². The van der Waals surface area contributed by atoms with Crippen LogP contribution in [0, 0.1) is 12.8 Å². The first-order chi connectivity index (χ1) is 11.9. The second-order valence-electron chi connectivity index (χ2n) is 6.78. The van der Waals surface area contributed by atoms with Crippen LogP contribution in [0.5, 0.6) is 0 Å². The second-order valence-corrected chi connectivity index (χ2v) is 6.78. The normalized spacial score (nSPS) is 14.6. The third-order valence-corrected chi connectivity index (χ3v) is 4.40. The number of benzene rings is 1. The molecule has 0 saturated heterocycles. The first-order valence-corrected chi connectivity index (χ1v) is 8.71. The molecule has 2 N–H and O–H groups in total. The van der Waals surface area contributed by atoms with Crippen LogP contribution in [-0.4, -0.2) is 46.9 Å². The van der Waals surface area contributed by atoms with Crippen molar-refractivity contribution in [3.05, 3.63) is 35.4 Å². The minimum atomic E-state index is -0.916. The summed E-state index contributed by atoms with van der Waals surface area (Å²) in [5, 5.41) is 11.7. The van der Waals surface area contributed by atoms with Crippen LogP contribution < -0.4 is 5.32 Å². The summed E-state index contributed by atoms with van der Waals surface area (Å²) >= 11 is 0. The zero-order chi connectivity index (χ0) is 18.4. The lowest BCUT2D eigenvalue weighted by atomic mass is 10.1. The largest absolute Gasteiger partial charge is 0.481 e. The van der Waals surface area contributed by atoms with Gasteiger partial charge in [0.1, 0.15) is 0 Å². The number of amides is 2. The van der Waals surface area contributed by atoms with Crippen molar-refractivity contribution in [1.29, 1.82) is 0 Å². The summed E-state index contributed by atoms with van der Waals surface area (Å²) in [4.78, 5) is 36.9. The third-order valence-electron chi connectivity index (χ3n) is 4.40. The highest BCUT2D eigenvalue weighted by molar-refractivity contribution is 5.85. The van der Waals surface area contributed by atoms with E-state index >= 15 is 0 Å². The van der Waals surface area contributed by atoms with Crippen LogP contribution in [-0.2, 0) is 20.8 Å². The van der Waals surface area contributed by atoms with E-state index in [0.717, 1.165) is 18.4 Å². The third kappa shape index (κ3) is 6.21. The molecule has 25 heavy (non-hydrogen) atoms. The molecule has 0 aromatic heterocycles. The number of nitrogens with one attached hydrogen (secondary N) is 1. The summed E-state index contributed by atoms with van der Waals surface area (Å²) in [6, 6.07) is 8.13. The van der Waals surface area contributed by atoms with Gasteiger partial charge in [-0.15, -0.1) is 0 Å². The van der Waals surface area contributed by atoms with Crippen LogP contribution in [0.3, 0.4) is 0 Å². The van der Waals surface area contributed by atoms with Crippen molar-refractivity contribution in [3.63, 3.8) is 0 Å². The average molecular weight is 346 g/mol. The van der Waals surface area contributed by atoms with E-state index < -0.39 is 11.9 Å². The zero-order valence-corrected chi connectivity index (χ0v) is 14.8.